The maximum Gasteiger partial charge on any atom is 0.257 e. The summed E-state index contributed by atoms with van der Waals surface area (Å²) in [7, 11) is 0. The molecule has 0 fully saturated rings. The number of hydrogen-bond acceptors (Lipinski definition) is 7. The molecule has 0 unspecified atom stereocenters. The van der Waals surface area contributed by atoms with E-state index in [1.165, 1.54) is 11.3 Å². The highest BCUT2D eigenvalue weighted by Gasteiger charge is 2.12. The number of nitrogens with zero attached hydrogens (tertiary/aromatic N) is 4. The lowest BCUT2D eigenvalue weighted by molar-refractivity contribution is 0.0977. The van der Waals surface area contributed by atoms with Crippen LogP contribution in [0, 0.1) is 6.92 Å². The van der Waals surface area contributed by atoms with Crippen molar-refractivity contribution in [1.82, 2.24) is 25.1 Å². The first-order valence-corrected chi connectivity index (χ1v) is 11.3. The van der Waals surface area contributed by atoms with E-state index in [0.29, 0.717) is 22.4 Å². The highest BCUT2D eigenvalue weighted by molar-refractivity contribution is 9.10. The zero-order chi connectivity index (χ0) is 22.0. The normalized spacial score (nSPS) is 10.8. The molecular weight excluding hydrogens is 500 g/mol. The van der Waals surface area contributed by atoms with Crippen molar-refractivity contribution in [2.75, 3.05) is 11.9 Å². The number of fused-ring (bicyclic) bond motifs is 1. The van der Waals surface area contributed by atoms with Crippen LogP contribution in [0.4, 0.5) is 5.69 Å². The van der Waals surface area contributed by atoms with E-state index in [9.17, 15) is 4.79 Å². The molecule has 0 aliphatic carbocycles. The van der Waals surface area contributed by atoms with Crippen LogP contribution >= 0.6 is 39.5 Å². The molecule has 1 amide bonds. The van der Waals surface area contributed by atoms with Crippen LogP contribution in [-0.2, 0) is 0 Å². The molecule has 0 aliphatic rings. The fraction of sp³-hybridized carbons (Fsp3) is 0.150. The lowest BCUT2D eigenvalue weighted by atomic mass is 10.2. The molecule has 0 saturated heterocycles. The Morgan fingerprint density at radius 3 is 2.68 bits per heavy atom. The van der Waals surface area contributed by atoms with Gasteiger partial charge in [-0.1, -0.05) is 11.3 Å². The first-order valence-electron chi connectivity index (χ1n) is 9.28. The standard InChI is InChI=1S/C20H17BrN6O2S2/c1-3-29-16-9-6-13(10-15(16)21)17(28)23-19(30)22-14-7-4-12(5-8-14)18-26-27-11(2)24-25-20(27)31-18/h4-10H,3H2,1-2H3,(H2,22,23,28,30). The van der Waals surface area contributed by atoms with Gasteiger partial charge in [0, 0.05) is 16.8 Å². The van der Waals surface area contributed by atoms with Crippen molar-refractivity contribution in [2.24, 2.45) is 0 Å². The lowest BCUT2D eigenvalue weighted by Gasteiger charge is -2.11. The smallest absolute Gasteiger partial charge is 0.257 e. The van der Waals surface area contributed by atoms with Gasteiger partial charge in [-0.2, -0.15) is 9.61 Å². The monoisotopic (exact) mass is 516 g/mol. The van der Waals surface area contributed by atoms with E-state index in [0.717, 1.165) is 27.0 Å². The minimum atomic E-state index is -0.312. The molecular formula is C20H17BrN6O2S2. The summed E-state index contributed by atoms with van der Waals surface area (Å²) in [5, 5.41) is 19.3. The number of anilines is 1. The molecule has 158 valence electrons. The van der Waals surface area contributed by atoms with Crippen LogP contribution in [0.25, 0.3) is 15.5 Å². The van der Waals surface area contributed by atoms with E-state index in [1.54, 1.807) is 22.7 Å². The van der Waals surface area contributed by atoms with Gasteiger partial charge in [0.2, 0.25) is 4.96 Å². The van der Waals surface area contributed by atoms with Gasteiger partial charge < -0.3 is 10.1 Å². The van der Waals surface area contributed by atoms with Crippen LogP contribution in [0.5, 0.6) is 5.75 Å². The summed E-state index contributed by atoms with van der Waals surface area (Å²) in [6, 6.07) is 12.7. The molecule has 31 heavy (non-hydrogen) atoms. The number of aryl methyl sites for hydroxylation is 1. The number of benzene rings is 2. The molecule has 8 nitrogen and oxygen atoms in total. The van der Waals surface area contributed by atoms with Gasteiger partial charge in [0.25, 0.3) is 5.91 Å². The van der Waals surface area contributed by atoms with E-state index >= 15 is 0 Å². The summed E-state index contributed by atoms with van der Waals surface area (Å²) in [5.41, 5.74) is 2.17. The van der Waals surface area contributed by atoms with E-state index in [2.05, 4.69) is 41.9 Å². The summed E-state index contributed by atoms with van der Waals surface area (Å²) in [6.45, 7) is 4.30. The zero-order valence-corrected chi connectivity index (χ0v) is 19.8. The Bertz CT molecular complexity index is 1270. The van der Waals surface area contributed by atoms with Gasteiger partial charge in [-0.15, -0.1) is 10.2 Å². The Kier molecular flexibility index (Phi) is 6.25. The second kappa shape index (κ2) is 9.08. The molecule has 11 heteroatoms. The third-order valence-corrected chi connectivity index (χ3v) is 6.03. The summed E-state index contributed by atoms with van der Waals surface area (Å²) >= 11 is 10.1. The molecule has 0 saturated carbocycles. The second-order valence-corrected chi connectivity index (χ2v) is 8.63. The Labute approximate surface area is 195 Å². The van der Waals surface area contributed by atoms with E-state index in [-0.39, 0.29) is 11.0 Å². The Hall–Kier alpha value is -2.89. The number of ether oxygens (including phenoxy) is 1. The van der Waals surface area contributed by atoms with E-state index < -0.39 is 0 Å². The number of aromatic nitrogens is 4. The average Bonchev–Trinajstić information content (AvgIpc) is 3.32. The summed E-state index contributed by atoms with van der Waals surface area (Å²) in [4.78, 5) is 13.2. The van der Waals surface area contributed by atoms with Gasteiger partial charge >= 0.3 is 0 Å². The van der Waals surface area contributed by atoms with Crippen LogP contribution in [0.1, 0.15) is 23.1 Å². The topological polar surface area (TPSA) is 93.4 Å². The van der Waals surface area contributed by atoms with Crippen molar-refractivity contribution >= 4 is 61.2 Å². The first-order chi connectivity index (χ1) is 14.9. The molecule has 2 heterocycles. The molecule has 4 rings (SSSR count). The summed E-state index contributed by atoms with van der Waals surface area (Å²) < 4.78 is 7.89. The highest BCUT2D eigenvalue weighted by atomic mass is 79.9. The number of hydrogen-bond donors (Lipinski definition) is 2. The molecule has 2 N–H and O–H groups in total. The van der Waals surface area contributed by atoms with E-state index in [4.69, 9.17) is 17.0 Å². The van der Waals surface area contributed by atoms with Crippen LogP contribution in [0.2, 0.25) is 0 Å². The van der Waals surface area contributed by atoms with Gasteiger partial charge in [0.15, 0.2) is 10.9 Å². The maximum atomic E-state index is 12.5. The minimum absolute atomic E-state index is 0.206. The van der Waals surface area contributed by atoms with Crippen molar-refractivity contribution in [3.63, 3.8) is 0 Å². The number of carbonyl (C=O) groups is 1. The summed E-state index contributed by atoms with van der Waals surface area (Å²) in [6.07, 6.45) is 0. The second-order valence-electron chi connectivity index (χ2n) is 6.41. The molecule has 0 bridgehead atoms. The van der Waals surface area contributed by atoms with Gasteiger partial charge in [-0.25, -0.2) is 0 Å². The highest BCUT2D eigenvalue weighted by Crippen LogP contribution is 2.27. The van der Waals surface area contributed by atoms with Crippen LogP contribution in [0.3, 0.4) is 0 Å². The molecule has 0 radical (unpaired) electrons. The Morgan fingerprint density at radius 2 is 2.00 bits per heavy atom. The number of thiocarbonyl (C=S) groups is 1. The van der Waals surface area contributed by atoms with Crippen molar-refractivity contribution in [1.29, 1.82) is 0 Å². The van der Waals surface area contributed by atoms with Crippen molar-refractivity contribution in [3.8, 4) is 16.3 Å². The van der Waals surface area contributed by atoms with Gasteiger partial charge in [-0.05, 0) is 84.5 Å². The molecule has 4 aromatic rings. The van der Waals surface area contributed by atoms with Crippen molar-refractivity contribution < 1.29 is 9.53 Å². The molecule has 0 aliphatic heterocycles. The predicted octanol–water partition coefficient (Wildman–Crippen LogP) is 4.45. The Morgan fingerprint density at radius 1 is 1.23 bits per heavy atom. The fourth-order valence-corrected chi connectivity index (χ4v) is 4.37. The third kappa shape index (κ3) is 4.73. The number of nitrogens with one attached hydrogen (secondary N) is 2. The van der Waals surface area contributed by atoms with Crippen LogP contribution in [-0.4, -0.2) is 37.4 Å². The van der Waals surface area contributed by atoms with Gasteiger partial charge in [-0.3, -0.25) is 10.1 Å². The van der Waals surface area contributed by atoms with Crippen LogP contribution in [0.15, 0.2) is 46.9 Å². The molecule has 0 spiro atoms. The first kappa shape index (κ1) is 21.3. The van der Waals surface area contributed by atoms with Crippen LogP contribution < -0.4 is 15.4 Å². The largest absolute Gasteiger partial charge is 0.493 e. The predicted molar refractivity (Wildman–Crippen MR) is 128 cm³/mol. The molecule has 2 aromatic heterocycles. The average molecular weight is 517 g/mol. The lowest BCUT2D eigenvalue weighted by Crippen LogP contribution is -2.34. The number of halogens is 1. The summed E-state index contributed by atoms with van der Waals surface area (Å²) in [5.74, 6) is 1.12. The Balaban J connectivity index is 1.39. The third-order valence-electron chi connectivity index (χ3n) is 4.26. The molecule has 2 aromatic carbocycles. The van der Waals surface area contributed by atoms with Crippen molar-refractivity contribution in [2.45, 2.75) is 13.8 Å². The van der Waals surface area contributed by atoms with E-state index in [1.807, 2.05) is 38.1 Å². The van der Waals surface area contributed by atoms with Crippen molar-refractivity contribution in [3.05, 3.63) is 58.3 Å². The van der Waals surface area contributed by atoms with Gasteiger partial charge in [0.1, 0.15) is 10.8 Å². The van der Waals surface area contributed by atoms with Gasteiger partial charge in [0.05, 0.1) is 11.1 Å². The number of rotatable bonds is 5. The zero-order valence-electron chi connectivity index (χ0n) is 16.5. The fourth-order valence-electron chi connectivity index (χ4n) is 2.78. The number of amides is 1. The molecule has 0 atom stereocenters. The SMILES string of the molecule is CCOc1ccc(C(=O)NC(=S)Nc2ccc(-c3nn4c(C)nnc4s3)cc2)cc1Br. The maximum absolute atomic E-state index is 12.5. The quantitative estimate of drug-likeness (QED) is 0.378. The number of carbonyl (C=O) groups excluding carboxylic acids is 1. The minimum Gasteiger partial charge on any atom is -0.493 e.